The lowest BCUT2D eigenvalue weighted by atomic mass is 10.2. The normalized spacial score (nSPS) is 14.9. The number of Topliss-reactive ketones (excluding diaryl/α,β-unsaturated/α-hetero) is 1. The molecule has 3 nitrogen and oxygen atoms in total. The number of rotatable bonds is 6. The highest BCUT2D eigenvalue weighted by Crippen LogP contribution is 2.39. The molecule has 0 aromatic carbocycles. The Labute approximate surface area is 107 Å². The number of thiophene rings is 1. The lowest BCUT2D eigenvalue weighted by molar-refractivity contribution is 0.0972. The van der Waals surface area contributed by atoms with E-state index in [-0.39, 0.29) is 11.7 Å². The topological polar surface area (TPSA) is 46.3 Å². The molecule has 0 saturated heterocycles. The maximum Gasteiger partial charge on any atom is 0.178 e. The summed E-state index contributed by atoms with van der Waals surface area (Å²) in [6, 6.07) is 1.94. The predicted molar refractivity (Wildman–Crippen MR) is 74.0 cm³/mol. The van der Waals surface area contributed by atoms with Crippen molar-refractivity contribution in [3.05, 3.63) is 10.9 Å². The van der Waals surface area contributed by atoms with Crippen LogP contribution in [0.2, 0.25) is 0 Å². The molecule has 0 atom stereocenters. The Morgan fingerprint density at radius 2 is 2.29 bits per heavy atom. The van der Waals surface area contributed by atoms with Crippen molar-refractivity contribution >= 4 is 27.8 Å². The molecule has 1 heterocycles. The van der Waals surface area contributed by atoms with Crippen molar-refractivity contribution in [2.75, 3.05) is 24.2 Å². The highest BCUT2D eigenvalue weighted by atomic mass is 32.1. The Bertz CT molecular complexity index is 410. The SMILES string of the molecule is CCCCN(C)c1cc(N)c(C(=O)C2CC2)s1. The standard InChI is InChI=1S/C13H20N2OS/c1-3-4-7-15(2)11-8-10(14)13(17-11)12(16)9-5-6-9/h8-9H,3-7,14H2,1-2H3. The van der Waals surface area contributed by atoms with Crippen LogP contribution in [0.5, 0.6) is 0 Å². The van der Waals surface area contributed by atoms with Crippen molar-refractivity contribution in [2.45, 2.75) is 32.6 Å². The van der Waals surface area contributed by atoms with E-state index in [1.54, 1.807) is 11.3 Å². The van der Waals surface area contributed by atoms with Crippen LogP contribution in [0.15, 0.2) is 6.07 Å². The van der Waals surface area contributed by atoms with Crippen molar-refractivity contribution in [1.29, 1.82) is 0 Å². The number of ketones is 1. The largest absolute Gasteiger partial charge is 0.397 e. The van der Waals surface area contributed by atoms with Gasteiger partial charge in [-0.2, -0.15) is 0 Å². The average molecular weight is 252 g/mol. The molecule has 0 aliphatic heterocycles. The fourth-order valence-corrected chi connectivity index (χ4v) is 2.89. The molecule has 4 heteroatoms. The summed E-state index contributed by atoms with van der Waals surface area (Å²) >= 11 is 1.55. The maximum absolute atomic E-state index is 12.0. The van der Waals surface area contributed by atoms with E-state index in [1.165, 1.54) is 12.8 Å². The molecule has 1 aromatic heterocycles. The van der Waals surface area contributed by atoms with Crippen LogP contribution in [0.1, 0.15) is 42.3 Å². The van der Waals surface area contributed by atoms with E-state index in [1.807, 2.05) is 6.07 Å². The fourth-order valence-electron chi connectivity index (χ4n) is 1.81. The minimum atomic E-state index is 0.252. The first kappa shape index (κ1) is 12.4. The van der Waals surface area contributed by atoms with Crippen LogP contribution in [0.25, 0.3) is 0 Å². The van der Waals surface area contributed by atoms with Gasteiger partial charge in [0.15, 0.2) is 5.78 Å². The van der Waals surface area contributed by atoms with E-state index >= 15 is 0 Å². The summed E-state index contributed by atoms with van der Waals surface area (Å²) in [5.74, 6) is 0.507. The number of nitrogens with two attached hydrogens (primary N) is 1. The highest BCUT2D eigenvalue weighted by Gasteiger charge is 2.32. The second-order valence-corrected chi connectivity index (χ2v) is 5.81. The molecule has 0 spiro atoms. The Kier molecular flexibility index (Phi) is 3.72. The molecule has 1 aliphatic carbocycles. The predicted octanol–water partition coefficient (Wildman–Crippen LogP) is 3.16. The quantitative estimate of drug-likeness (QED) is 0.791. The van der Waals surface area contributed by atoms with E-state index in [9.17, 15) is 4.79 Å². The monoisotopic (exact) mass is 252 g/mol. The van der Waals surface area contributed by atoms with Crippen molar-refractivity contribution in [2.24, 2.45) is 5.92 Å². The molecular formula is C13H20N2OS. The molecule has 0 unspecified atom stereocenters. The van der Waals surface area contributed by atoms with Crippen LogP contribution in [-0.2, 0) is 0 Å². The molecule has 1 fully saturated rings. The van der Waals surface area contributed by atoms with Crippen LogP contribution in [0.3, 0.4) is 0 Å². The minimum absolute atomic E-state index is 0.252. The number of nitrogens with zero attached hydrogens (tertiary/aromatic N) is 1. The third-order valence-corrected chi connectivity index (χ3v) is 4.42. The van der Waals surface area contributed by atoms with Gasteiger partial charge in [0.2, 0.25) is 0 Å². The van der Waals surface area contributed by atoms with Crippen LogP contribution in [0.4, 0.5) is 10.7 Å². The Morgan fingerprint density at radius 3 is 2.88 bits per heavy atom. The number of nitrogen functional groups attached to an aromatic ring is 1. The van der Waals surface area contributed by atoms with Crippen molar-refractivity contribution in [1.82, 2.24) is 0 Å². The van der Waals surface area contributed by atoms with Gasteiger partial charge >= 0.3 is 0 Å². The third kappa shape index (κ3) is 2.80. The molecule has 17 heavy (non-hydrogen) atoms. The van der Waals surface area contributed by atoms with Gasteiger partial charge in [-0.05, 0) is 25.3 Å². The Balaban J connectivity index is 2.09. The number of hydrogen-bond acceptors (Lipinski definition) is 4. The molecule has 0 bridgehead atoms. The number of anilines is 2. The fraction of sp³-hybridized carbons (Fsp3) is 0.615. The van der Waals surface area contributed by atoms with Crippen LogP contribution < -0.4 is 10.6 Å². The molecule has 1 aliphatic rings. The van der Waals surface area contributed by atoms with Gasteiger partial charge in [0, 0.05) is 19.5 Å². The van der Waals surface area contributed by atoms with Crippen LogP contribution in [0, 0.1) is 5.92 Å². The second kappa shape index (κ2) is 5.08. The second-order valence-electron chi connectivity index (χ2n) is 4.78. The zero-order valence-corrected chi connectivity index (χ0v) is 11.3. The summed E-state index contributed by atoms with van der Waals surface area (Å²) in [6.07, 6.45) is 4.42. The third-order valence-electron chi connectivity index (χ3n) is 3.14. The van der Waals surface area contributed by atoms with E-state index in [0.717, 1.165) is 29.3 Å². The molecule has 0 radical (unpaired) electrons. The summed E-state index contributed by atoms with van der Waals surface area (Å²) in [6.45, 7) is 3.20. The zero-order valence-electron chi connectivity index (χ0n) is 10.5. The summed E-state index contributed by atoms with van der Waals surface area (Å²) < 4.78 is 0. The van der Waals surface area contributed by atoms with Gasteiger partial charge in [0.05, 0.1) is 15.6 Å². The lowest BCUT2D eigenvalue weighted by Gasteiger charge is -2.15. The highest BCUT2D eigenvalue weighted by molar-refractivity contribution is 7.18. The van der Waals surface area contributed by atoms with Gasteiger partial charge < -0.3 is 10.6 Å². The summed E-state index contributed by atoms with van der Waals surface area (Å²) in [7, 11) is 2.06. The van der Waals surface area contributed by atoms with Gasteiger partial charge in [-0.15, -0.1) is 11.3 Å². The first-order valence-corrected chi connectivity index (χ1v) is 7.09. The average Bonchev–Trinajstić information content (AvgIpc) is 3.08. The van der Waals surface area contributed by atoms with Crippen LogP contribution in [-0.4, -0.2) is 19.4 Å². The molecule has 2 rings (SSSR count). The molecule has 0 amide bonds. The molecule has 1 aromatic rings. The first-order valence-electron chi connectivity index (χ1n) is 6.28. The van der Waals surface area contributed by atoms with Gasteiger partial charge in [-0.1, -0.05) is 13.3 Å². The van der Waals surface area contributed by atoms with Gasteiger partial charge in [0.25, 0.3) is 0 Å². The van der Waals surface area contributed by atoms with Crippen molar-refractivity contribution in [3.8, 4) is 0 Å². The first-order chi connectivity index (χ1) is 8.13. The lowest BCUT2D eigenvalue weighted by Crippen LogP contribution is -2.16. The number of hydrogen-bond donors (Lipinski definition) is 1. The Hall–Kier alpha value is -1.03. The molecule has 2 N–H and O–H groups in total. The maximum atomic E-state index is 12.0. The summed E-state index contributed by atoms with van der Waals surface area (Å²) in [4.78, 5) is 14.9. The minimum Gasteiger partial charge on any atom is -0.397 e. The van der Waals surface area contributed by atoms with Gasteiger partial charge in [-0.3, -0.25) is 4.79 Å². The van der Waals surface area contributed by atoms with E-state index < -0.39 is 0 Å². The number of carbonyl (C=O) groups is 1. The number of carbonyl (C=O) groups excluding carboxylic acids is 1. The summed E-state index contributed by atoms with van der Waals surface area (Å²) in [5, 5.41) is 1.11. The number of unbranched alkanes of at least 4 members (excludes halogenated alkanes) is 1. The van der Waals surface area contributed by atoms with E-state index in [0.29, 0.717) is 5.69 Å². The van der Waals surface area contributed by atoms with Crippen molar-refractivity contribution < 1.29 is 4.79 Å². The zero-order chi connectivity index (χ0) is 12.4. The van der Waals surface area contributed by atoms with Crippen LogP contribution >= 0.6 is 11.3 Å². The smallest absolute Gasteiger partial charge is 0.178 e. The Morgan fingerprint density at radius 1 is 1.59 bits per heavy atom. The van der Waals surface area contributed by atoms with E-state index in [4.69, 9.17) is 5.73 Å². The summed E-state index contributed by atoms with van der Waals surface area (Å²) in [5.41, 5.74) is 6.59. The van der Waals surface area contributed by atoms with E-state index in [2.05, 4.69) is 18.9 Å². The van der Waals surface area contributed by atoms with Crippen molar-refractivity contribution in [3.63, 3.8) is 0 Å². The van der Waals surface area contributed by atoms with Gasteiger partial charge in [-0.25, -0.2) is 0 Å². The van der Waals surface area contributed by atoms with Gasteiger partial charge in [0.1, 0.15) is 0 Å². The molecule has 1 saturated carbocycles. The molecule has 94 valence electrons. The molecular weight excluding hydrogens is 232 g/mol.